The molecule has 0 aromatic heterocycles. The number of fused-ring (bicyclic) bond motifs is 1. The molecule has 1 saturated heterocycles. The standard InChI is InChI=1S/C14H15N3O4/c18-12-8-16(6-5-15-12)14(21)17-7-10(13(19)20)9-3-1-2-4-11(9)17/h1-4,10H,5-8H2,(H,15,18)(H,19,20). The number of piperazine rings is 1. The van der Waals surface area contributed by atoms with Gasteiger partial charge in [-0.1, -0.05) is 18.2 Å². The van der Waals surface area contributed by atoms with Gasteiger partial charge in [-0.15, -0.1) is 0 Å². The van der Waals surface area contributed by atoms with E-state index in [2.05, 4.69) is 5.32 Å². The monoisotopic (exact) mass is 289 g/mol. The maximum absolute atomic E-state index is 12.6. The number of anilines is 1. The third-order valence-electron chi connectivity index (χ3n) is 3.81. The number of carbonyl (C=O) groups excluding carboxylic acids is 2. The van der Waals surface area contributed by atoms with Gasteiger partial charge in [0, 0.05) is 25.3 Å². The number of nitrogens with zero attached hydrogens (tertiary/aromatic N) is 2. The molecule has 7 nitrogen and oxygen atoms in total. The lowest BCUT2D eigenvalue weighted by atomic mass is 10.0. The average molecular weight is 289 g/mol. The summed E-state index contributed by atoms with van der Waals surface area (Å²) in [5.41, 5.74) is 1.25. The van der Waals surface area contributed by atoms with Crippen molar-refractivity contribution >= 4 is 23.6 Å². The lowest BCUT2D eigenvalue weighted by molar-refractivity contribution is -0.138. The molecule has 1 unspecified atom stereocenters. The van der Waals surface area contributed by atoms with Gasteiger partial charge >= 0.3 is 12.0 Å². The zero-order valence-electron chi connectivity index (χ0n) is 11.3. The van der Waals surface area contributed by atoms with E-state index in [1.807, 2.05) is 0 Å². The summed E-state index contributed by atoms with van der Waals surface area (Å²) in [5.74, 6) is -1.87. The van der Waals surface area contributed by atoms with E-state index in [1.54, 1.807) is 24.3 Å². The third-order valence-corrected chi connectivity index (χ3v) is 3.81. The van der Waals surface area contributed by atoms with Crippen molar-refractivity contribution in [2.24, 2.45) is 0 Å². The van der Waals surface area contributed by atoms with Gasteiger partial charge in [0.2, 0.25) is 5.91 Å². The molecular formula is C14H15N3O4. The van der Waals surface area contributed by atoms with E-state index in [4.69, 9.17) is 0 Å². The van der Waals surface area contributed by atoms with Crippen molar-refractivity contribution in [1.82, 2.24) is 10.2 Å². The SMILES string of the molecule is O=C1CN(C(=O)N2CC(C(=O)O)c3ccccc32)CCN1. The fraction of sp³-hybridized carbons (Fsp3) is 0.357. The Balaban J connectivity index is 1.88. The van der Waals surface area contributed by atoms with Crippen LogP contribution in [0.1, 0.15) is 11.5 Å². The summed E-state index contributed by atoms with van der Waals surface area (Å²) in [6.45, 7) is 0.963. The van der Waals surface area contributed by atoms with Gasteiger partial charge in [0.15, 0.2) is 0 Å². The summed E-state index contributed by atoms with van der Waals surface area (Å²) >= 11 is 0. The largest absolute Gasteiger partial charge is 0.481 e. The smallest absolute Gasteiger partial charge is 0.325 e. The van der Waals surface area contributed by atoms with Crippen LogP contribution in [0.15, 0.2) is 24.3 Å². The molecule has 0 bridgehead atoms. The van der Waals surface area contributed by atoms with Gasteiger partial charge in [0.1, 0.15) is 12.5 Å². The first-order chi connectivity index (χ1) is 10.1. The quantitative estimate of drug-likeness (QED) is 0.774. The number of benzene rings is 1. The van der Waals surface area contributed by atoms with E-state index in [0.29, 0.717) is 24.3 Å². The van der Waals surface area contributed by atoms with Gasteiger partial charge in [-0.25, -0.2) is 4.79 Å². The Morgan fingerprint density at radius 2 is 2.05 bits per heavy atom. The molecule has 1 aromatic carbocycles. The predicted molar refractivity (Wildman–Crippen MR) is 74.1 cm³/mol. The second-order valence-corrected chi connectivity index (χ2v) is 5.11. The van der Waals surface area contributed by atoms with E-state index in [1.165, 1.54) is 9.80 Å². The van der Waals surface area contributed by atoms with Crippen molar-refractivity contribution in [3.05, 3.63) is 29.8 Å². The number of nitrogens with one attached hydrogen (secondary N) is 1. The predicted octanol–water partition coefficient (Wildman–Crippen LogP) is 0.227. The van der Waals surface area contributed by atoms with Crippen LogP contribution in [-0.2, 0) is 9.59 Å². The summed E-state index contributed by atoms with van der Waals surface area (Å²) in [5, 5.41) is 12.0. The number of carbonyl (C=O) groups is 3. The molecule has 2 N–H and O–H groups in total. The Morgan fingerprint density at radius 3 is 2.76 bits per heavy atom. The van der Waals surface area contributed by atoms with E-state index in [0.717, 1.165) is 0 Å². The normalized spacial score (nSPS) is 21.0. The van der Waals surface area contributed by atoms with Crippen LogP contribution >= 0.6 is 0 Å². The minimum absolute atomic E-state index is 0.00917. The molecule has 3 rings (SSSR count). The third kappa shape index (κ3) is 2.31. The number of aliphatic carboxylic acids is 1. The number of rotatable bonds is 1. The molecule has 2 aliphatic rings. The zero-order valence-corrected chi connectivity index (χ0v) is 11.3. The molecule has 2 aliphatic heterocycles. The topological polar surface area (TPSA) is 90.0 Å². The number of para-hydroxylation sites is 1. The molecule has 0 aliphatic carbocycles. The van der Waals surface area contributed by atoms with Crippen LogP contribution in [0.5, 0.6) is 0 Å². The van der Waals surface area contributed by atoms with E-state index >= 15 is 0 Å². The lowest BCUT2D eigenvalue weighted by Gasteiger charge is -2.31. The molecule has 3 amide bonds. The fourth-order valence-electron chi connectivity index (χ4n) is 2.77. The summed E-state index contributed by atoms with van der Waals surface area (Å²) in [6.07, 6.45) is 0. The minimum Gasteiger partial charge on any atom is -0.481 e. The number of carboxylic acid groups (broad SMARTS) is 1. The molecule has 0 spiro atoms. The fourth-order valence-corrected chi connectivity index (χ4v) is 2.77. The van der Waals surface area contributed by atoms with Gasteiger partial charge in [0.05, 0.1) is 0 Å². The number of carboxylic acids is 1. The van der Waals surface area contributed by atoms with Gasteiger partial charge < -0.3 is 15.3 Å². The van der Waals surface area contributed by atoms with Gasteiger partial charge in [-0.05, 0) is 11.6 Å². The highest BCUT2D eigenvalue weighted by atomic mass is 16.4. The Bertz CT molecular complexity index is 616. The first-order valence-corrected chi connectivity index (χ1v) is 6.73. The second-order valence-electron chi connectivity index (χ2n) is 5.11. The molecule has 0 saturated carbocycles. The highest BCUT2D eigenvalue weighted by molar-refractivity contribution is 5.99. The van der Waals surface area contributed by atoms with E-state index in [-0.39, 0.29) is 25.0 Å². The van der Waals surface area contributed by atoms with Crippen LogP contribution in [0.3, 0.4) is 0 Å². The average Bonchev–Trinajstić information content (AvgIpc) is 2.86. The van der Waals surface area contributed by atoms with E-state index < -0.39 is 11.9 Å². The van der Waals surface area contributed by atoms with Gasteiger partial charge in [-0.3, -0.25) is 14.5 Å². The van der Waals surface area contributed by atoms with Crippen LogP contribution in [0, 0.1) is 0 Å². The Labute approximate surface area is 121 Å². The Hall–Kier alpha value is -2.57. The summed E-state index contributed by atoms with van der Waals surface area (Å²) in [4.78, 5) is 38.2. The molecule has 2 heterocycles. The molecule has 7 heteroatoms. The van der Waals surface area contributed by atoms with Crippen LogP contribution in [0.2, 0.25) is 0 Å². The van der Waals surface area contributed by atoms with Gasteiger partial charge in [-0.2, -0.15) is 0 Å². The highest BCUT2D eigenvalue weighted by Gasteiger charge is 2.38. The second kappa shape index (κ2) is 5.08. The Morgan fingerprint density at radius 1 is 1.29 bits per heavy atom. The molecular weight excluding hydrogens is 274 g/mol. The van der Waals surface area contributed by atoms with Crippen molar-refractivity contribution in [1.29, 1.82) is 0 Å². The summed E-state index contributed by atoms with van der Waals surface area (Å²) in [7, 11) is 0. The van der Waals surface area contributed by atoms with Gasteiger partial charge in [0.25, 0.3) is 0 Å². The van der Waals surface area contributed by atoms with Crippen molar-refractivity contribution < 1.29 is 19.5 Å². The van der Waals surface area contributed by atoms with Crippen molar-refractivity contribution in [2.45, 2.75) is 5.92 Å². The van der Waals surface area contributed by atoms with Crippen LogP contribution in [-0.4, -0.2) is 54.1 Å². The maximum atomic E-state index is 12.6. The molecule has 110 valence electrons. The zero-order chi connectivity index (χ0) is 15.0. The lowest BCUT2D eigenvalue weighted by Crippen LogP contribution is -2.54. The highest BCUT2D eigenvalue weighted by Crippen LogP contribution is 2.36. The summed E-state index contributed by atoms with van der Waals surface area (Å²) in [6, 6.07) is 6.68. The number of hydrogen-bond donors (Lipinski definition) is 2. The van der Waals surface area contributed by atoms with Crippen LogP contribution in [0.25, 0.3) is 0 Å². The van der Waals surface area contributed by atoms with Crippen LogP contribution < -0.4 is 10.2 Å². The Kier molecular flexibility index (Phi) is 3.25. The minimum atomic E-state index is -0.950. The number of amides is 3. The summed E-state index contributed by atoms with van der Waals surface area (Å²) < 4.78 is 0. The van der Waals surface area contributed by atoms with Crippen molar-refractivity contribution in [3.8, 4) is 0 Å². The maximum Gasteiger partial charge on any atom is 0.325 e. The van der Waals surface area contributed by atoms with Crippen LogP contribution in [0.4, 0.5) is 10.5 Å². The molecule has 21 heavy (non-hydrogen) atoms. The first kappa shape index (κ1) is 13.4. The molecule has 1 fully saturated rings. The molecule has 1 atom stereocenters. The van der Waals surface area contributed by atoms with Crippen molar-refractivity contribution in [2.75, 3.05) is 31.1 Å². The number of hydrogen-bond acceptors (Lipinski definition) is 3. The molecule has 0 radical (unpaired) electrons. The number of urea groups is 1. The molecule has 1 aromatic rings. The van der Waals surface area contributed by atoms with Crippen molar-refractivity contribution in [3.63, 3.8) is 0 Å². The first-order valence-electron chi connectivity index (χ1n) is 6.73. The van der Waals surface area contributed by atoms with E-state index in [9.17, 15) is 19.5 Å².